The van der Waals surface area contributed by atoms with Gasteiger partial charge >= 0.3 is 0 Å². The summed E-state index contributed by atoms with van der Waals surface area (Å²) in [7, 11) is 0. The van der Waals surface area contributed by atoms with Gasteiger partial charge in [0.1, 0.15) is 5.70 Å². The third-order valence-corrected chi connectivity index (χ3v) is 6.70. The van der Waals surface area contributed by atoms with Crippen molar-refractivity contribution in [2.75, 3.05) is 28.2 Å². The molecule has 1 N–H and O–H groups in total. The number of rotatable bonds is 5. The highest BCUT2D eigenvalue weighted by atomic mass is 32.1. The molecule has 1 aromatic heterocycles. The van der Waals surface area contributed by atoms with Gasteiger partial charge in [0.2, 0.25) is 0 Å². The summed E-state index contributed by atoms with van der Waals surface area (Å²) in [5, 5.41) is 5.17. The summed E-state index contributed by atoms with van der Waals surface area (Å²) in [6, 6.07) is 19.3. The molecular formula is C25H23N3O2S. The SMILES string of the molecule is Cc1ccccc1N1C(=O)C(Nc2ccc(N3CCCC3)cc2)=C(c2cccs2)C1=O. The van der Waals surface area contributed by atoms with Crippen LogP contribution in [0.1, 0.15) is 23.3 Å². The first kappa shape index (κ1) is 19.6. The summed E-state index contributed by atoms with van der Waals surface area (Å²) < 4.78 is 0. The first-order valence-corrected chi connectivity index (χ1v) is 11.4. The summed E-state index contributed by atoms with van der Waals surface area (Å²) in [6.07, 6.45) is 2.45. The molecule has 2 amide bonds. The van der Waals surface area contributed by atoms with E-state index >= 15 is 0 Å². The van der Waals surface area contributed by atoms with Gasteiger partial charge in [-0.2, -0.15) is 0 Å². The predicted octanol–water partition coefficient (Wildman–Crippen LogP) is 5.05. The number of benzene rings is 2. The number of carbonyl (C=O) groups excluding carboxylic acids is 2. The lowest BCUT2D eigenvalue weighted by atomic mass is 10.1. The number of nitrogens with one attached hydrogen (secondary N) is 1. The number of hydrogen-bond acceptors (Lipinski definition) is 5. The van der Waals surface area contributed by atoms with Crippen LogP contribution in [0.15, 0.2) is 71.7 Å². The Morgan fingerprint density at radius 1 is 0.871 bits per heavy atom. The standard InChI is InChI=1S/C25H23N3O2S/c1-17-7-2-3-8-20(17)28-24(29)22(21-9-6-16-31-21)23(25(28)30)26-18-10-12-19(13-11-18)27-14-4-5-15-27/h2-3,6-13,16,26H,4-5,14-15H2,1H3. The molecule has 0 bridgehead atoms. The van der Waals surface area contributed by atoms with E-state index in [1.165, 1.54) is 34.8 Å². The van der Waals surface area contributed by atoms with Gasteiger partial charge in [-0.15, -0.1) is 11.3 Å². The van der Waals surface area contributed by atoms with Crippen LogP contribution in [-0.2, 0) is 9.59 Å². The number of nitrogens with zero attached hydrogens (tertiary/aromatic N) is 2. The fraction of sp³-hybridized carbons (Fsp3) is 0.200. The summed E-state index contributed by atoms with van der Waals surface area (Å²) in [4.78, 5) is 31.3. The lowest BCUT2D eigenvalue weighted by Crippen LogP contribution is -2.32. The number of carbonyl (C=O) groups is 2. The molecule has 1 saturated heterocycles. The zero-order chi connectivity index (χ0) is 21.4. The Balaban J connectivity index is 1.50. The Hall–Kier alpha value is -3.38. The van der Waals surface area contributed by atoms with Gasteiger partial charge in [0.25, 0.3) is 11.8 Å². The number of amides is 2. The van der Waals surface area contributed by atoms with Crippen LogP contribution in [0.3, 0.4) is 0 Å². The van der Waals surface area contributed by atoms with E-state index in [2.05, 4.69) is 22.3 Å². The van der Waals surface area contributed by atoms with Gasteiger partial charge in [0.15, 0.2) is 0 Å². The van der Waals surface area contributed by atoms with Crippen LogP contribution in [0.25, 0.3) is 5.57 Å². The van der Waals surface area contributed by atoms with Crippen molar-refractivity contribution >= 4 is 45.8 Å². The molecule has 31 heavy (non-hydrogen) atoms. The molecule has 0 aliphatic carbocycles. The Kier molecular flexibility index (Phi) is 5.08. The molecule has 5 rings (SSSR count). The number of aryl methyl sites for hydroxylation is 1. The number of anilines is 3. The van der Waals surface area contributed by atoms with Gasteiger partial charge in [-0.3, -0.25) is 9.59 Å². The average molecular weight is 430 g/mol. The largest absolute Gasteiger partial charge is 0.372 e. The average Bonchev–Trinajstić information content (AvgIpc) is 3.53. The monoisotopic (exact) mass is 429 g/mol. The smallest absolute Gasteiger partial charge is 0.282 e. The van der Waals surface area contributed by atoms with E-state index in [1.54, 1.807) is 0 Å². The quantitative estimate of drug-likeness (QED) is 0.577. The third kappa shape index (κ3) is 3.53. The van der Waals surface area contributed by atoms with Crippen molar-refractivity contribution in [2.24, 2.45) is 0 Å². The number of thiophene rings is 1. The van der Waals surface area contributed by atoms with E-state index in [-0.39, 0.29) is 11.8 Å². The predicted molar refractivity (Wildman–Crippen MR) is 126 cm³/mol. The molecule has 1 fully saturated rings. The molecule has 0 spiro atoms. The molecule has 2 aliphatic heterocycles. The fourth-order valence-electron chi connectivity index (χ4n) is 4.20. The Morgan fingerprint density at radius 2 is 1.61 bits per heavy atom. The van der Waals surface area contributed by atoms with Crippen LogP contribution in [0, 0.1) is 6.92 Å². The third-order valence-electron chi connectivity index (χ3n) is 5.82. The van der Waals surface area contributed by atoms with Gasteiger partial charge in [0, 0.05) is 29.3 Å². The second-order valence-corrected chi connectivity index (χ2v) is 8.77. The topological polar surface area (TPSA) is 52.7 Å². The maximum absolute atomic E-state index is 13.4. The van der Waals surface area contributed by atoms with Crippen molar-refractivity contribution in [1.82, 2.24) is 0 Å². The molecule has 0 radical (unpaired) electrons. The van der Waals surface area contributed by atoms with Crippen LogP contribution in [-0.4, -0.2) is 24.9 Å². The van der Waals surface area contributed by atoms with Crippen LogP contribution >= 0.6 is 11.3 Å². The van der Waals surface area contributed by atoms with E-state index in [0.717, 1.165) is 29.2 Å². The molecule has 6 heteroatoms. The second kappa shape index (κ2) is 8.04. The number of hydrogen-bond donors (Lipinski definition) is 1. The zero-order valence-corrected chi connectivity index (χ0v) is 18.1. The van der Waals surface area contributed by atoms with Gasteiger partial charge in [-0.1, -0.05) is 24.3 Å². The van der Waals surface area contributed by atoms with Crippen molar-refractivity contribution in [3.8, 4) is 0 Å². The van der Waals surface area contributed by atoms with E-state index in [9.17, 15) is 9.59 Å². The van der Waals surface area contributed by atoms with Crippen molar-refractivity contribution in [1.29, 1.82) is 0 Å². The van der Waals surface area contributed by atoms with Gasteiger partial charge < -0.3 is 10.2 Å². The highest BCUT2D eigenvalue weighted by Gasteiger charge is 2.41. The van der Waals surface area contributed by atoms with Crippen LogP contribution in [0.2, 0.25) is 0 Å². The first-order valence-electron chi connectivity index (χ1n) is 10.5. The van der Waals surface area contributed by atoms with E-state index in [0.29, 0.717) is 17.0 Å². The second-order valence-electron chi connectivity index (χ2n) is 7.83. The molecule has 0 saturated carbocycles. The highest BCUT2D eigenvalue weighted by molar-refractivity contribution is 7.11. The molecule has 0 atom stereocenters. The van der Waals surface area contributed by atoms with Crippen LogP contribution in [0.4, 0.5) is 17.1 Å². The highest BCUT2D eigenvalue weighted by Crippen LogP contribution is 2.36. The fourth-order valence-corrected chi connectivity index (χ4v) is 4.97. The van der Waals surface area contributed by atoms with E-state index in [4.69, 9.17) is 0 Å². The van der Waals surface area contributed by atoms with E-state index < -0.39 is 0 Å². The molecule has 156 valence electrons. The minimum absolute atomic E-state index is 0.294. The minimum atomic E-state index is -0.327. The maximum atomic E-state index is 13.4. The summed E-state index contributed by atoms with van der Waals surface area (Å²) in [5.41, 5.74) is 4.22. The first-order chi connectivity index (χ1) is 15.1. The lowest BCUT2D eigenvalue weighted by Gasteiger charge is -2.19. The molecule has 3 aromatic rings. The molecular weight excluding hydrogens is 406 g/mol. The van der Waals surface area contributed by atoms with Gasteiger partial charge in [-0.25, -0.2) is 4.90 Å². The molecule has 2 aromatic carbocycles. The zero-order valence-electron chi connectivity index (χ0n) is 17.3. The van der Waals surface area contributed by atoms with Crippen molar-refractivity contribution in [3.05, 3.63) is 82.2 Å². The van der Waals surface area contributed by atoms with E-state index in [1.807, 2.05) is 60.8 Å². The molecule has 5 nitrogen and oxygen atoms in total. The normalized spacial score (nSPS) is 16.5. The van der Waals surface area contributed by atoms with Gasteiger partial charge in [0.05, 0.1) is 11.3 Å². The van der Waals surface area contributed by atoms with Crippen LogP contribution < -0.4 is 15.1 Å². The number of imide groups is 1. The number of para-hydroxylation sites is 1. The Labute approximate surface area is 185 Å². The molecule has 3 heterocycles. The van der Waals surface area contributed by atoms with Crippen molar-refractivity contribution in [3.63, 3.8) is 0 Å². The molecule has 2 aliphatic rings. The summed E-state index contributed by atoms with van der Waals surface area (Å²) >= 11 is 1.46. The summed E-state index contributed by atoms with van der Waals surface area (Å²) in [6.45, 7) is 4.07. The lowest BCUT2D eigenvalue weighted by molar-refractivity contribution is -0.120. The Morgan fingerprint density at radius 3 is 2.29 bits per heavy atom. The van der Waals surface area contributed by atoms with Gasteiger partial charge in [-0.05, 0) is 67.1 Å². The molecule has 0 unspecified atom stereocenters. The van der Waals surface area contributed by atoms with Crippen molar-refractivity contribution < 1.29 is 9.59 Å². The summed E-state index contributed by atoms with van der Waals surface area (Å²) in [5.74, 6) is -0.621. The van der Waals surface area contributed by atoms with Crippen molar-refractivity contribution in [2.45, 2.75) is 19.8 Å². The van der Waals surface area contributed by atoms with Crippen LogP contribution in [0.5, 0.6) is 0 Å². The maximum Gasteiger partial charge on any atom is 0.282 e. The minimum Gasteiger partial charge on any atom is -0.372 e. The Bertz CT molecular complexity index is 1160.